The number of benzene rings is 2. The highest BCUT2D eigenvalue weighted by Gasteiger charge is 2.16. The van der Waals surface area contributed by atoms with E-state index in [0.29, 0.717) is 22.7 Å². The number of anilines is 1. The Morgan fingerprint density at radius 1 is 1.00 bits per heavy atom. The molecule has 0 aliphatic carbocycles. The average Bonchev–Trinajstić information content (AvgIpc) is 3.12. The Morgan fingerprint density at radius 2 is 1.81 bits per heavy atom. The van der Waals surface area contributed by atoms with E-state index in [0.717, 1.165) is 5.56 Å². The molecule has 0 radical (unpaired) electrons. The van der Waals surface area contributed by atoms with Crippen molar-refractivity contribution in [3.05, 3.63) is 53.6 Å². The Labute approximate surface area is 155 Å². The van der Waals surface area contributed by atoms with Crippen molar-refractivity contribution in [3.63, 3.8) is 0 Å². The number of amides is 3. The minimum atomic E-state index is -0.379. The topological polar surface area (TPSA) is 106 Å². The van der Waals surface area contributed by atoms with Gasteiger partial charge in [0.05, 0.1) is 6.54 Å². The van der Waals surface area contributed by atoms with Gasteiger partial charge in [0.25, 0.3) is 5.91 Å². The SMILES string of the molecule is CC(=O)Nc1cccc(CNC(=O)CNC(=O)c2ccc3c(c2)OCO3)c1. The Bertz CT molecular complexity index is 881. The predicted molar refractivity (Wildman–Crippen MR) is 97.5 cm³/mol. The third kappa shape index (κ3) is 4.97. The Kier molecular flexibility index (Phi) is 5.55. The summed E-state index contributed by atoms with van der Waals surface area (Å²) in [4.78, 5) is 35.2. The lowest BCUT2D eigenvalue weighted by molar-refractivity contribution is -0.120. The highest BCUT2D eigenvalue weighted by Crippen LogP contribution is 2.32. The molecule has 8 heteroatoms. The molecule has 2 aromatic carbocycles. The number of carbonyl (C=O) groups is 3. The molecule has 3 amide bonds. The summed E-state index contributed by atoms with van der Waals surface area (Å²) in [5.74, 6) is 0.226. The molecular formula is C19H19N3O5. The van der Waals surface area contributed by atoms with E-state index in [2.05, 4.69) is 16.0 Å². The second kappa shape index (κ2) is 8.22. The van der Waals surface area contributed by atoms with E-state index in [9.17, 15) is 14.4 Å². The molecule has 0 aromatic heterocycles. The average molecular weight is 369 g/mol. The Balaban J connectivity index is 1.47. The van der Waals surface area contributed by atoms with Crippen LogP contribution in [0, 0.1) is 0 Å². The van der Waals surface area contributed by atoms with Gasteiger partial charge in [-0.25, -0.2) is 0 Å². The van der Waals surface area contributed by atoms with Crippen molar-refractivity contribution in [3.8, 4) is 11.5 Å². The number of carbonyl (C=O) groups excluding carboxylic acids is 3. The van der Waals surface area contributed by atoms with Gasteiger partial charge in [0.15, 0.2) is 11.5 Å². The van der Waals surface area contributed by atoms with Crippen molar-refractivity contribution < 1.29 is 23.9 Å². The van der Waals surface area contributed by atoms with Crippen LogP contribution in [-0.2, 0) is 16.1 Å². The van der Waals surface area contributed by atoms with E-state index in [-0.39, 0.29) is 37.6 Å². The minimum Gasteiger partial charge on any atom is -0.454 e. The largest absolute Gasteiger partial charge is 0.454 e. The molecule has 1 heterocycles. The smallest absolute Gasteiger partial charge is 0.251 e. The fourth-order valence-electron chi connectivity index (χ4n) is 2.53. The quantitative estimate of drug-likeness (QED) is 0.714. The first-order valence-electron chi connectivity index (χ1n) is 8.32. The maximum atomic E-state index is 12.1. The van der Waals surface area contributed by atoms with Crippen LogP contribution in [0.4, 0.5) is 5.69 Å². The number of fused-ring (bicyclic) bond motifs is 1. The third-order valence-electron chi connectivity index (χ3n) is 3.78. The number of hydrogen-bond donors (Lipinski definition) is 3. The Hall–Kier alpha value is -3.55. The fourth-order valence-corrected chi connectivity index (χ4v) is 2.53. The van der Waals surface area contributed by atoms with E-state index in [4.69, 9.17) is 9.47 Å². The van der Waals surface area contributed by atoms with Crippen molar-refractivity contribution in [2.24, 2.45) is 0 Å². The van der Waals surface area contributed by atoms with Crippen LogP contribution in [0.3, 0.4) is 0 Å². The van der Waals surface area contributed by atoms with Gasteiger partial charge in [0.1, 0.15) is 0 Å². The van der Waals surface area contributed by atoms with E-state index in [1.165, 1.54) is 6.92 Å². The van der Waals surface area contributed by atoms with E-state index >= 15 is 0 Å². The van der Waals surface area contributed by atoms with Gasteiger partial charge < -0.3 is 25.4 Å². The first-order chi connectivity index (χ1) is 13.0. The number of rotatable bonds is 6. The van der Waals surface area contributed by atoms with Gasteiger partial charge in [-0.15, -0.1) is 0 Å². The molecule has 0 unspecified atom stereocenters. The van der Waals surface area contributed by atoms with Crippen LogP contribution in [0.15, 0.2) is 42.5 Å². The molecule has 140 valence electrons. The lowest BCUT2D eigenvalue weighted by Gasteiger charge is -2.09. The van der Waals surface area contributed by atoms with E-state index in [1.54, 1.807) is 36.4 Å². The van der Waals surface area contributed by atoms with Crippen molar-refractivity contribution >= 4 is 23.4 Å². The predicted octanol–water partition coefficient (Wildman–Crippen LogP) is 1.42. The van der Waals surface area contributed by atoms with Gasteiger partial charge in [-0.3, -0.25) is 14.4 Å². The zero-order valence-electron chi connectivity index (χ0n) is 14.7. The zero-order chi connectivity index (χ0) is 19.2. The van der Waals surface area contributed by atoms with Gasteiger partial charge >= 0.3 is 0 Å². The molecule has 1 aliphatic heterocycles. The summed E-state index contributed by atoms with van der Waals surface area (Å²) in [5, 5.41) is 7.96. The number of hydrogen-bond acceptors (Lipinski definition) is 5. The minimum absolute atomic E-state index is 0.131. The standard InChI is InChI=1S/C19H19N3O5/c1-12(23)22-15-4-2-3-13(7-15)9-20-18(24)10-21-19(25)14-5-6-16-17(8-14)27-11-26-16/h2-8H,9-11H2,1H3,(H,20,24)(H,21,25)(H,22,23). The van der Waals surface area contributed by atoms with Gasteiger partial charge in [0, 0.05) is 24.7 Å². The summed E-state index contributed by atoms with van der Waals surface area (Å²) in [7, 11) is 0. The van der Waals surface area contributed by atoms with Crippen LogP contribution < -0.4 is 25.4 Å². The second-order valence-electron chi connectivity index (χ2n) is 5.91. The number of nitrogens with one attached hydrogen (secondary N) is 3. The van der Waals surface area contributed by atoms with E-state index < -0.39 is 0 Å². The molecule has 8 nitrogen and oxygen atoms in total. The molecule has 2 aromatic rings. The molecule has 0 spiro atoms. The van der Waals surface area contributed by atoms with Crippen LogP contribution in [0.1, 0.15) is 22.8 Å². The lowest BCUT2D eigenvalue weighted by atomic mass is 10.2. The van der Waals surface area contributed by atoms with Crippen LogP contribution in [-0.4, -0.2) is 31.1 Å². The molecule has 0 fully saturated rings. The first kappa shape index (κ1) is 18.2. The van der Waals surface area contributed by atoms with Crippen LogP contribution in [0.25, 0.3) is 0 Å². The third-order valence-corrected chi connectivity index (χ3v) is 3.78. The molecule has 0 saturated heterocycles. The summed E-state index contributed by atoms with van der Waals surface area (Å²) in [6.45, 7) is 1.69. The summed E-state index contributed by atoms with van der Waals surface area (Å²) in [6, 6.07) is 12.0. The molecular weight excluding hydrogens is 350 g/mol. The van der Waals surface area contributed by atoms with Gasteiger partial charge in [-0.1, -0.05) is 12.1 Å². The van der Waals surface area contributed by atoms with Gasteiger partial charge in [-0.05, 0) is 35.9 Å². The molecule has 1 aliphatic rings. The van der Waals surface area contributed by atoms with Crippen LogP contribution in [0.5, 0.6) is 11.5 Å². The van der Waals surface area contributed by atoms with E-state index in [1.807, 2.05) is 6.07 Å². The summed E-state index contributed by atoms with van der Waals surface area (Å²) in [5.41, 5.74) is 1.87. The highest BCUT2D eigenvalue weighted by atomic mass is 16.7. The Morgan fingerprint density at radius 3 is 2.63 bits per heavy atom. The lowest BCUT2D eigenvalue weighted by Crippen LogP contribution is -2.36. The normalized spacial score (nSPS) is 11.6. The molecule has 0 saturated carbocycles. The van der Waals surface area contributed by atoms with Crippen molar-refractivity contribution in [1.29, 1.82) is 0 Å². The monoisotopic (exact) mass is 369 g/mol. The van der Waals surface area contributed by atoms with Gasteiger partial charge in [-0.2, -0.15) is 0 Å². The summed E-state index contributed by atoms with van der Waals surface area (Å²) in [6.07, 6.45) is 0. The maximum Gasteiger partial charge on any atom is 0.251 e. The fraction of sp³-hybridized carbons (Fsp3) is 0.211. The second-order valence-corrected chi connectivity index (χ2v) is 5.91. The number of ether oxygens (including phenoxy) is 2. The van der Waals surface area contributed by atoms with Crippen molar-refractivity contribution in [2.75, 3.05) is 18.7 Å². The summed E-state index contributed by atoms with van der Waals surface area (Å²) >= 11 is 0. The highest BCUT2D eigenvalue weighted by molar-refractivity contribution is 5.97. The molecule has 3 rings (SSSR count). The molecule has 27 heavy (non-hydrogen) atoms. The molecule has 0 atom stereocenters. The zero-order valence-corrected chi connectivity index (χ0v) is 14.7. The summed E-state index contributed by atoms with van der Waals surface area (Å²) < 4.78 is 10.4. The first-order valence-corrected chi connectivity index (χ1v) is 8.32. The van der Waals surface area contributed by atoms with Gasteiger partial charge in [0.2, 0.25) is 18.6 Å². The van der Waals surface area contributed by atoms with Crippen LogP contribution in [0.2, 0.25) is 0 Å². The van der Waals surface area contributed by atoms with Crippen molar-refractivity contribution in [2.45, 2.75) is 13.5 Å². The molecule has 0 bridgehead atoms. The molecule has 3 N–H and O–H groups in total. The van der Waals surface area contributed by atoms with Crippen LogP contribution >= 0.6 is 0 Å². The maximum absolute atomic E-state index is 12.1. The van der Waals surface area contributed by atoms with Crippen molar-refractivity contribution in [1.82, 2.24) is 10.6 Å².